The molecule has 6 heterocycles. The van der Waals surface area contributed by atoms with Crippen molar-refractivity contribution in [3.63, 3.8) is 0 Å². The first-order valence-electron chi connectivity index (χ1n) is 14.3. The molecule has 0 spiro atoms. The lowest BCUT2D eigenvalue weighted by Crippen LogP contribution is -2.50. The van der Waals surface area contributed by atoms with Crippen LogP contribution in [0, 0.1) is 17.1 Å². The van der Waals surface area contributed by atoms with E-state index in [1.807, 2.05) is 11.0 Å². The molecule has 9 nitrogen and oxygen atoms in total. The monoisotopic (exact) mass is 606 g/mol. The SMILES string of the molecule is N#Cc1c(N)sc2cccc(-c3ncc4c(N5CCNC(C=C(F)F)C5)nc(OCC56CCCN5CCC6)nc4c3F)c12. The zero-order valence-corrected chi connectivity index (χ0v) is 24.1. The van der Waals surface area contributed by atoms with Crippen LogP contribution in [0.5, 0.6) is 6.01 Å². The molecule has 0 amide bonds. The second kappa shape index (κ2) is 10.9. The molecular formula is C30H29F3N8OS. The number of piperazine rings is 1. The van der Waals surface area contributed by atoms with Crippen molar-refractivity contribution in [3.8, 4) is 23.3 Å². The van der Waals surface area contributed by atoms with Crippen molar-refractivity contribution in [2.45, 2.75) is 37.3 Å². The molecule has 3 saturated heterocycles. The molecule has 3 aromatic heterocycles. The van der Waals surface area contributed by atoms with Crippen molar-refractivity contribution < 1.29 is 17.9 Å². The molecule has 1 unspecified atom stereocenters. The minimum absolute atomic E-state index is 0.0122. The Labute approximate surface area is 249 Å². The first kappa shape index (κ1) is 27.8. The molecule has 43 heavy (non-hydrogen) atoms. The highest BCUT2D eigenvalue weighted by atomic mass is 32.1. The Bertz CT molecular complexity index is 1790. The summed E-state index contributed by atoms with van der Waals surface area (Å²) in [5.74, 6) is -0.310. The van der Waals surface area contributed by atoms with E-state index in [4.69, 9.17) is 15.5 Å². The van der Waals surface area contributed by atoms with Gasteiger partial charge in [-0.05, 0) is 50.9 Å². The van der Waals surface area contributed by atoms with Gasteiger partial charge >= 0.3 is 6.01 Å². The number of nitrogen functional groups attached to an aromatic ring is 1. The highest BCUT2D eigenvalue weighted by molar-refractivity contribution is 7.23. The standard InChI is InChI=1S/C30H29F3N8OS/c31-22(32)12-17-15-40(11-8-36-17)28-20-14-37-25(18-4-1-5-21-23(18)19(13-34)27(35)43-21)24(33)26(20)38-29(39-28)42-16-30-6-2-9-41(30)10-3-7-30/h1,4-5,12,14,17,36H,2-3,6-11,15-16,35H2. The fourth-order valence-electron chi connectivity index (χ4n) is 6.88. The molecule has 1 aromatic carbocycles. The third-order valence-electron chi connectivity index (χ3n) is 8.87. The molecule has 0 bridgehead atoms. The van der Waals surface area contributed by atoms with Gasteiger partial charge in [0, 0.05) is 47.5 Å². The Morgan fingerprint density at radius 2 is 2.05 bits per heavy atom. The molecule has 4 aromatic rings. The van der Waals surface area contributed by atoms with E-state index in [1.54, 1.807) is 12.1 Å². The largest absolute Gasteiger partial charge is 0.461 e. The lowest BCUT2D eigenvalue weighted by atomic mass is 9.95. The van der Waals surface area contributed by atoms with Crippen LogP contribution in [0.25, 0.3) is 32.2 Å². The van der Waals surface area contributed by atoms with Crippen molar-refractivity contribution in [2.75, 3.05) is 50.0 Å². The van der Waals surface area contributed by atoms with E-state index in [0.29, 0.717) is 46.9 Å². The minimum Gasteiger partial charge on any atom is -0.461 e. The van der Waals surface area contributed by atoms with E-state index in [2.05, 4.69) is 26.3 Å². The van der Waals surface area contributed by atoms with Crippen molar-refractivity contribution in [2.24, 2.45) is 0 Å². The molecule has 13 heteroatoms. The van der Waals surface area contributed by atoms with Gasteiger partial charge in [0.05, 0.1) is 16.5 Å². The Kier molecular flexibility index (Phi) is 7.07. The molecule has 0 aliphatic carbocycles. The van der Waals surface area contributed by atoms with Gasteiger partial charge in [0.25, 0.3) is 6.08 Å². The molecule has 3 N–H and O–H groups in total. The van der Waals surface area contributed by atoms with E-state index >= 15 is 4.39 Å². The second-order valence-electron chi connectivity index (χ2n) is 11.3. The number of hydrogen-bond acceptors (Lipinski definition) is 10. The van der Waals surface area contributed by atoms with Gasteiger partial charge in [0.2, 0.25) is 0 Å². The summed E-state index contributed by atoms with van der Waals surface area (Å²) < 4.78 is 49.8. The third-order valence-corrected chi connectivity index (χ3v) is 9.85. The van der Waals surface area contributed by atoms with Gasteiger partial charge < -0.3 is 20.7 Å². The zero-order valence-electron chi connectivity index (χ0n) is 23.2. The maximum Gasteiger partial charge on any atom is 0.319 e. The number of nitriles is 1. The number of nitrogens with zero attached hydrogens (tertiary/aromatic N) is 6. The summed E-state index contributed by atoms with van der Waals surface area (Å²) in [6, 6.07) is 6.87. The fourth-order valence-corrected chi connectivity index (χ4v) is 7.83. The number of benzene rings is 1. The molecule has 0 saturated carbocycles. The summed E-state index contributed by atoms with van der Waals surface area (Å²) >= 11 is 1.26. The van der Waals surface area contributed by atoms with Crippen molar-refractivity contribution in [3.05, 3.63) is 47.9 Å². The average Bonchev–Trinajstić information content (AvgIpc) is 3.67. The zero-order chi connectivity index (χ0) is 29.7. The molecule has 222 valence electrons. The van der Waals surface area contributed by atoms with Crippen LogP contribution in [0.3, 0.4) is 0 Å². The molecule has 1 atom stereocenters. The number of hydrogen-bond donors (Lipinski definition) is 2. The Morgan fingerprint density at radius 1 is 1.23 bits per heavy atom. The first-order valence-corrected chi connectivity index (χ1v) is 15.2. The number of pyridine rings is 1. The summed E-state index contributed by atoms with van der Waals surface area (Å²) in [5, 5.41) is 14.1. The highest BCUT2D eigenvalue weighted by Gasteiger charge is 2.45. The van der Waals surface area contributed by atoms with Gasteiger partial charge in [-0.3, -0.25) is 9.88 Å². The number of anilines is 2. The number of nitrogens with one attached hydrogen (secondary N) is 1. The van der Waals surface area contributed by atoms with Gasteiger partial charge in [0.15, 0.2) is 5.82 Å². The summed E-state index contributed by atoms with van der Waals surface area (Å²) in [7, 11) is 0. The molecule has 3 aliphatic heterocycles. The molecule has 7 rings (SSSR count). The van der Waals surface area contributed by atoms with Gasteiger partial charge in [0.1, 0.15) is 34.7 Å². The highest BCUT2D eigenvalue weighted by Crippen LogP contribution is 2.42. The Morgan fingerprint density at radius 3 is 2.81 bits per heavy atom. The van der Waals surface area contributed by atoms with Gasteiger partial charge in [-0.1, -0.05) is 12.1 Å². The number of ether oxygens (including phenoxy) is 1. The number of thiophene rings is 1. The smallest absolute Gasteiger partial charge is 0.319 e. The number of nitrogens with two attached hydrogens (primary N) is 1. The van der Waals surface area contributed by atoms with E-state index in [9.17, 15) is 14.0 Å². The number of fused-ring (bicyclic) bond motifs is 3. The normalized spacial score (nSPS) is 20.0. The maximum absolute atomic E-state index is 16.6. The Hall–Kier alpha value is -3.99. The molecule has 0 radical (unpaired) electrons. The van der Waals surface area contributed by atoms with E-state index in [-0.39, 0.29) is 34.9 Å². The minimum atomic E-state index is -1.77. The quantitative estimate of drug-likeness (QED) is 0.311. The van der Waals surface area contributed by atoms with Crippen LogP contribution < -0.4 is 20.7 Å². The fraction of sp³-hybridized carbons (Fsp3) is 0.400. The average molecular weight is 607 g/mol. The topological polar surface area (TPSA) is 116 Å². The molecular weight excluding hydrogens is 577 g/mol. The van der Waals surface area contributed by atoms with Crippen LogP contribution >= 0.6 is 11.3 Å². The lowest BCUT2D eigenvalue weighted by molar-refractivity contribution is 0.108. The van der Waals surface area contributed by atoms with E-state index in [0.717, 1.165) is 49.5 Å². The predicted molar refractivity (Wildman–Crippen MR) is 160 cm³/mol. The van der Waals surface area contributed by atoms with Crippen LogP contribution in [0.2, 0.25) is 0 Å². The van der Waals surface area contributed by atoms with Gasteiger partial charge in [-0.25, -0.2) is 4.39 Å². The lowest BCUT2D eigenvalue weighted by Gasteiger charge is -2.34. The third kappa shape index (κ3) is 4.83. The molecule has 3 aliphatic rings. The van der Waals surface area contributed by atoms with Crippen LogP contribution in [0.15, 0.2) is 36.6 Å². The van der Waals surface area contributed by atoms with Gasteiger partial charge in [-0.2, -0.15) is 24.0 Å². The van der Waals surface area contributed by atoms with Crippen molar-refractivity contribution in [1.29, 1.82) is 5.26 Å². The summed E-state index contributed by atoms with van der Waals surface area (Å²) in [5.41, 5.74) is 6.78. The number of aromatic nitrogens is 3. The van der Waals surface area contributed by atoms with E-state index in [1.165, 1.54) is 17.5 Å². The van der Waals surface area contributed by atoms with Crippen LogP contribution in [-0.2, 0) is 0 Å². The Balaban J connectivity index is 1.35. The molecule has 3 fully saturated rings. The van der Waals surface area contributed by atoms with Crippen LogP contribution in [0.1, 0.15) is 31.2 Å². The summed E-state index contributed by atoms with van der Waals surface area (Å²) in [6.07, 6.45) is 4.84. The van der Waals surface area contributed by atoms with Crippen LogP contribution in [-0.4, -0.2) is 70.8 Å². The summed E-state index contributed by atoms with van der Waals surface area (Å²) in [4.78, 5) is 18.0. The summed E-state index contributed by atoms with van der Waals surface area (Å²) in [6.45, 7) is 3.53. The van der Waals surface area contributed by atoms with Crippen molar-refractivity contribution >= 4 is 43.1 Å². The predicted octanol–water partition coefficient (Wildman–Crippen LogP) is 5.07. The van der Waals surface area contributed by atoms with Gasteiger partial charge in [-0.15, -0.1) is 11.3 Å². The maximum atomic E-state index is 16.6. The number of halogens is 3. The van der Waals surface area contributed by atoms with Crippen LogP contribution in [0.4, 0.5) is 24.0 Å². The van der Waals surface area contributed by atoms with E-state index < -0.39 is 17.9 Å². The second-order valence-corrected chi connectivity index (χ2v) is 12.4. The van der Waals surface area contributed by atoms with Crippen molar-refractivity contribution in [1.82, 2.24) is 25.2 Å². The first-order chi connectivity index (χ1) is 20.9. The number of rotatable bonds is 6.